The average molecular weight is 201 g/mol. The number of hydrogen-bond acceptors (Lipinski definition) is 5. The van der Waals surface area contributed by atoms with Crippen LogP contribution in [0.2, 0.25) is 0 Å². The van der Waals surface area contributed by atoms with E-state index in [2.05, 4.69) is 8.37 Å². The Morgan fingerprint density at radius 1 is 1.31 bits per heavy atom. The molecule has 0 aliphatic carbocycles. The van der Waals surface area contributed by atoms with E-state index in [9.17, 15) is 8.42 Å². The van der Waals surface area contributed by atoms with Crippen LogP contribution in [0, 0.1) is 6.92 Å². The highest BCUT2D eigenvalue weighted by molar-refractivity contribution is 7.82. The van der Waals surface area contributed by atoms with Crippen LogP contribution in [-0.2, 0) is 10.4 Å². The van der Waals surface area contributed by atoms with Crippen LogP contribution in [0.25, 0.3) is 0 Å². The van der Waals surface area contributed by atoms with Crippen molar-refractivity contribution in [2.75, 3.05) is 5.73 Å². The lowest BCUT2D eigenvalue weighted by molar-refractivity contribution is 0.380. The molecular weight excluding hydrogens is 194 g/mol. The highest BCUT2D eigenvalue weighted by Crippen LogP contribution is 2.39. The zero-order chi connectivity index (χ0) is 9.64. The van der Waals surface area contributed by atoms with Crippen LogP contribution in [0.3, 0.4) is 0 Å². The molecule has 0 amide bonds. The molecule has 6 heteroatoms. The molecule has 0 spiro atoms. The van der Waals surface area contributed by atoms with Crippen molar-refractivity contribution >= 4 is 16.1 Å². The number of benzene rings is 1. The molecule has 70 valence electrons. The van der Waals surface area contributed by atoms with E-state index in [0.29, 0.717) is 5.56 Å². The van der Waals surface area contributed by atoms with Crippen molar-refractivity contribution in [2.24, 2.45) is 0 Å². The molecule has 0 unspecified atom stereocenters. The molecule has 13 heavy (non-hydrogen) atoms. The first-order valence-electron chi connectivity index (χ1n) is 3.52. The summed E-state index contributed by atoms with van der Waals surface area (Å²) in [6.07, 6.45) is 0. The van der Waals surface area contributed by atoms with Crippen molar-refractivity contribution < 1.29 is 16.8 Å². The Labute approximate surface area is 75.4 Å². The maximum absolute atomic E-state index is 11.0. The van der Waals surface area contributed by atoms with E-state index in [4.69, 9.17) is 5.73 Å². The van der Waals surface area contributed by atoms with Crippen molar-refractivity contribution in [3.05, 3.63) is 17.7 Å². The molecule has 2 N–H and O–H groups in total. The Morgan fingerprint density at radius 2 is 2.00 bits per heavy atom. The normalized spacial score (nSPS) is 17.3. The minimum absolute atomic E-state index is 0.117. The minimum Gasteiger partial charge on any atom is -0.393 e. The van der Waals surface area contributed by atoms with Gasteiger partial charge >= 0.3 is 10.4 Å². The van der Waals surface area contributed by atoms with Crippen molar-refractivity contribution in [3.8, 4) is 11.5 Å². The van der Waals surface area contributed by atoms with E-state index in [1.807, 2.05) is 0 Å². The van der Waals surface area contributed by atoms with Gasteiger partial charge in [0, 0.05) is 0 Å². The van der Waals surface area contributed by atoms with Gasteiger partial charge in [0.15, 0.2) is 11.5 Å². The largest absolute Gasteiger partial charge is 0.501 e. The van der Waals surface area contributed by atoms with Crippen LogP contribution in [-0.4, -0.2) is 8.42 Å². The van der Waals surface area contributed by atoms with Gasteiger partial charge in [-0.2, -0.15) is 0 Å². The molecule has 2 bridgehead atoms. The zero-order valence-corrected chi connectivity index (χ0v) is 7.59. The molecule has 5 nitrogen and oxygen atoms in total. The van der Waals surface area contributed by atoms with Crippen LogP contribution in [0.5, 0.6) is 11.5 Å². The number of aryl methyl sites for hydroxylation is 1. The third kappa shape index (κ3) is 1.19. The van der Waals surface area contributed by atoms with Crippen LogP contribution in [0.4, 0.5) is 5.69 Å². The summed E-state index contributed by atoms with van der Waals surface area (Å²) in [6.45, 7) is 1.70. The number of rotatable bonds is 0. The molecule has 1 aliphatic heterocycles. The second kappa shape index (κ2) is 2.29. The fourth-order valence-corrected chi connectivity index (χ4v) is 1.93. The fourth-order valence-electron chi connectivity index (χ4n) is 1.10. The van der Waals surface area contributed by atoms with E-state index in [0.717, 1.165) is 0 Å². The van der Waals surface area contributed by atoms with Gasteiger partial charge in [0.1, 0.15) is 5.69 Å². The Balaban J connectivity index is 2.72. The summed E-state index contributed by atoms with van der Waals surface area (Å²) in [6, 6.07) is 3.17. The first-order valence-corrected chi connectivity index (χ1v) is 4.86. The molecule has 0 saturated carbocycles. The lowest BCUT2D eigenvalue weighted by Crippen LogP contribution is -2.22. The van der Waals surface area contributed by atoms with Crippen LogP contribution in [0.15, 0.2) is 12.1 Å². The Hall–Kier alpha value is -1.43. The molecule has 0 radical (unpaired) electrons. The van der Waals surface area contributed by atoms with Crippen molar-refractivity contribution in [3.63, 3.8) is 0 Å². The van der Waals surface area contributed by atoms with Gasteiger partial charge in [0.25, 0.3) is 0 Å². The summed E-state index contributed by atoms with van der Waals surface area (Å²) in [4.78, 5) is 0. The Kier molecular flexibility index (Phi) is 1.44. The number of hydrogen-bond donors (Lipinski definition) is 1. The summed E-state index contributed by atoms with van der Waals surface area (Å²) in [7, 11) is -3.95. The van der Waals surface area contributed by atoms with Crippen LogP contribution < -0.4 is 14.1 Å². The molecule has 0 saturated heterocycles. The van der Waals surface area contributed by atoms with E-state index in [1.165, 1.54) is 6.07 Å². The van der Waals surface area contributed by atoms with Crippen molar-refractivity contribution in [1.82, 2.24) is 0 Å². The minimum atomic E-state index is -3.95. The molecule has 1 heterocycles. The molecule has 0 aromatic heterocycles. The quantitative estimate of drug-likeness (QED) is 0.621. The fraction of sp³-hybridized carbons (Fsp3) is 0.143. The average Bonchev–Trinajstić information content (AvgIpc) is 2.02. The van der Waals surface area contributed by atoms with Gasteiger partial charge in [-0.1, -0.05) is 6.07 Å². The highest BCUT2D eigenvalue weighted by atomic mass is 32.3. The number of anilines is 1. The van der Waals surface area contributed by atoms with Gasteiger partial charge in [0.2, 0.25) is 0 Å². The third-order valence-corrected chi connectivity index (χ3v) is 2.48. The van der Waals surface area contributed by atoms with E-state index in [1.54, 1.807) is 13.0 Å². The predicted octanol–water partition coefficient (Wildman–Crippen LogP) is 0.593. The first kappa shape index (κ1) is 8.18. The van der Waals surface area contributed by atoms with Crippen molar-refractivity contribution in [1.29, 1.82) is 0 Å². The van der Waals surface area contributed by atoms with Crippen LogP contribution >= 0.6 is 0 Å². The van der Waals surface area contributed by atoms with E-state index >= 15 is 0 Å². The third-order valence-electron chi connectivity index (χ3n) is 1.73. The Bertz CT molecular complexity index is 466. The lowest BCUT2D eigenvalue weighted by atomic mass is 10.2. The van der Waals surface area contributed by atoms with Gasteiger partial charge in [-0.3, -0.25) is 0 Å². The topological polar surface area (TPSA) is 78.6 Å². The summed E-state index contributed by atoms with van der Waals surface area (Å²) in [5, 5.41) is 0. The van der Waals surface area contributed by atoms with Gasteiger partial charge in [-0.05, 0) is 18.6 Å². The molecule has 1 aromatic carbocycles. The second-order valence-electron chi connectivity index (χ2n) is 2.70. The SMILES string of the molecule is Cc1ccc2c(N)c1OS(=O)(=O)O2. The monoisotopic (exact) mass is 201 g/mol. The van der Waals surface area contributed by atoms with Gasteiger partial charge in [-0.15, -0.1) is 8.42 Å². The standard InChI is InChI=1S/C7H7NO4S/c1-4-2-3-5-6(8)7(4)12-13(9,10)11-5/h2-3H,8H2,1H3. The zero-order valence-electron chi connectivity index (χ0n) is 6.77. The smallest absolute Gasteiger partial charge is 0.393 e. The summed E-state index contributed by atoms with van der Waals surface area (Å²) in [5.74, 6) is 0.274. The predicted molar refractivity (Wildman–Crippen MR) is 45.8 cm³/mol. The highest BCUT2D eigenvalue weighted by Gasteiger charge is 2.27. The van der Waals surface area contributed by atoms with Gasteiger partial charge in [0.05, 0.1) is 0 Å². The number of nitrogen functional groups attached to an aromatic ring is 1. The number of nitrogens with two attached hydrogens (primary N) is 1. The lowest BCUT2D eigenvalue weighted by Gasteiger charge is -2.18. The molecule has 1 aliphatic rings. The van der Waals surface area contributed by atoms with Crippen LogP contribution in [0.1, 0.15) is 5.56 Å². The van der Waals surface area contributed by atoms with E-state index in [-0.39, 0.29) is 17.2 Å². The summed E-state index contributed by atoms with van der Waals surface area (Å²) >= 11 is 0. The maximum Gasteiger partial charge on any atom is 0.501 e. The summed E-state index contributed by atoms with van der Waals surface area (Å²) < 4.78 is 31.0. The van der Waals surface area contributed by atoms with Gasteiger partial charge in [-0.25, -0.2) is 0 Å². The summed E-state index contributed by atoms with van der Waals surface area (Å²) in [5.41, 5.74) is 6.43. The van der Waals surface area contributed by atoms with Crippen molar-refractivity contribution in [2.45, 2.75) is 6.92 Å². The molecule has 1 aromatic rings. The first-order chi connectivity index (χ1) is 5.99. The number of fused-ring (bicyclic) bond motifs is 2. The Morgan fingerprint density at radius 3 is 2.69 bits per heavy atom. The molecule has 0 atom stereocenters. The van der Waals surface area contributed by atoms with E-state index < -0.39 is 10.4 Å². The molecular formula is C7H7NO4S. The maximum atomic E-state index is 11.0. The second-order valence-corrected chi connectivity index (χ2v) is 3.85. The molecule has 0 fully saturated rings. The van der Waals surface area contributed by atoms with Gasteiger partial charge < -0.3 is 14.1 Å². The molecule has 2 rings (SSSR count).